The molecule has 0 spiro atoms. The van der Waals surface area contributed by atoms with E-state index in [1.807, 2.05) is 49.4 Å². The van der Waals surface area contributed by atoms with E-state index in [1.54, 1.807) is 18.7 Å². The van der Waals surface area contributed by atoms with Crippen LogP contribution in [0, 0.1) is 0 Å². The summed E-state index contributed by atoms with van der Waals surface area (Å²) in [6.07, 6.45) is 0. The Kier molecular flexibility index (Phi) is 4.64. The molecule has 0 amide bonds. The first-order valence-corrected chi connectivity index (χ1v) is 9.23. The first kappa shape index (κ1) is 17.3. The number of aromatic nitrogens is 4. The van der Waals surface area contributed by atoms with E-state index < -0.39 is 0 Å². The molecule has 0 unspecified atom stereocenters. The molecule has 0 fully saturated rings. The van der Waals surface area contributed by atoms with Gasteiger partial charge in [-0.05, 0) is 37.3 Å². The fourth-order valence-electron chi connectivity index (χ4n) is 2.81. The Bertz CT molecular complexity index is 1090. The highest BCUT2D eigenvalue weighted by molar-refractivity contribution is 7.19. The van der Waals surface area contributed by atoms with Crippen LogP contribution in [0.4, 0.5) is 0 Å². The fourth-order valence-corrected chi connectivity index (χ4v) is 3.68. The van der Waals surface area contributed by atoms with Crippen molar-refractivity contribution in [2.75, 3.05) is 20.8 Å². The van der Waals surface area contributed by atoms with E-state index in [0.717, 1.165) is 21.9 Å². The zero-order valence-electron chi connectivity index (χ0n) is 15.2. The van der Waals surface area contributed by atoms with Crippen molar-refractivity contribution >= 4 is 16.3 Å². The third-order valence-electron chi connectivity index (χ3n) is 4.05. The van der Waals surface area contributed by atoms with E-state index in [4.69, 9.17) is 19.3 Å². The molecular formula is C19H18N4O3S. The van der Waals surface area contributed by atoms with E-state index >= 15 is 0 Å². The molecule has 0 bridgehead atoms. The predicted molar refractivity (Wildman–Crippen MR) is 104 cm³/mol. The van der Waals surface area contributed by atoms with Gasteiger partial charge in [0.2, 0.25) is 4.96 Å². The molecule has 27 heavy (non-hydrogen) atoms. The summed E-state index contributed by atoms with van der Waals surface area (Å²) in [7, 11) is 3.21. The summed E-state index contributed by atoms with van der Waals surface area (Å²) in [5.74, 6) is 2.73. The van der Waals surface area contributed by atoms with Crippen LogP contribution in [0.3, 0.4) is 0 Å². The number of ether oxygens (including phenoxy) is 3. The van der Waals surface area contributed by atoms with Gasteiger partial charge in [-0.3, -0.25) is 0 Å². The Morgan fingerprint density at radius 2 is 1.78 bits per heavy atom. The third-order valence-corrected chi connectivity index (χ3v) is 4.98. The summed E-state index contributed by atoms with van der Waals surface area (Å²) in [6, 6.07) is 13.5. The molecule has 0 aliphatic carbocycles. The summed E-state index contributed by atoms with van der Waals surface area (Å²) in [5.41, 5.74) is 1.78. The number of rotatable bonds is 6. The van der Waals surface area contributed by atoms with Crippen molar-refractivity contribution in [2.24, 2.45) is 0 Å². The average molecular weight is 382 g/mol. The van der Waals surface area contributed by atoms with Crippen LogP contribution in [-0.4, -0.2) is 40.6 Å². The zero-order valence-corrected chi connectivity index (χ0v) is 16.0. The van der Waals surface area contributed by atoms with E-state index in [-0.39, 0.29) is 0 Å². The first-order chi connectivity index (χ1) is 13.2. The Labute approximate surface area is 160 Å². The minimum Gasteiger partial charge on any atom is -0.493 e. The number of benzene rings is 2. The zero-order chi connectivity index (χ0) is 18.8. The van der Waals surface area contributed by atoms with E-state index in [1.165, 1.54) is 11.3 Å². The molecule has 2 aromatic heterocycles. The van der Waals surface area contributed by atoms with Gasteiger partial charge in [-0.1, -0.05) is 23.5 Å². The molecule has 0 aliphatic rings. The molecular weight excluding hydrogens is 364 g/mol. The SMILES string of the molecule is CCOc1ccccc1-c1nn2c(-c3ccc(OC)c(OC)c3)nnc2s1. The fraction of sp³-hybridized carbons (Fsp3) is 0.211. The van der Waals surface area contributed by atoms with E-state index in [9.17, 15) is 0 Å². The first-order valence-electron chi connectivity index (χ1n) is 8.42. The van der Waals surface area contributed by atoms with Crippen LogP contribution < -0.4 is 14.2 Å². The summed E-state index contributed by atoms with van der Waals surface area (Å²) in [5, 5.41) is 14.1. The van der Waals surface area contributed by atoms with Crippen LogP contribution in [0.2, 0.25) is 0 Å². The maximum absolute atomic E-state index is 5.73. The molecule has 0 aliphatic heterocycles. The molecule has 2 heterocycles. The summed E-state index contributed by atoms with van der Waals surface area (Å²) >= 11 is 1.47. The molecule has 7 nitrogen and oxygen atoms in total. The van der Waals surface area contributed by atoms with Gasteiger partial charge in [0.15, 0.2) is 22.3 Å². The summed E-state index contributed by atoms with van der Waals surface area (Å²) in [6.45, 7) is 2.56. The maximum Gasteiger partial charge on any atom is 0.235 e. The monoisotopic (exact) mass is 382 g/mol. The molecule has 4 aromatic rings. The molecule has 4 rings (SSSR count). The van der Waals surface area contributed by atoms with E-state index in [2.05, 4.69) is 10.2 Å². The van der Waals surface area contributed by atoms with Gasteiger partial charge in [-0.25, -0.2) is 0 Å². The van der Waals surface area contributed by atoms with Crippen molar-refractivity contribution in [3.05, 3.63) is 42.5 Å². The molecule has 138 valence electrons. The number of para-hydroxylation sites is 1. The van der Waals surface area contributed by atoms with Gasteiger partial charge in [0.1, 0.15) is 5.75 Å². The molecule has 8 heteroatoms. The number of hydrogen-bond donors (Lipinski definition) is 0. The lowest BCUT2D eigenvalue weighted by Gasteiger charge is -2.08. The largest absolute Gasteiger partial charge is 0.493 e. The van der Waals surface area contributed by atoms with Crippen LogP contribution in [0.15, 0.2) is 42.5 Å². The normalized spacial score (nSPS) is 10.9. The van der Waals surface area contributed by atoms with Crippen molar-refractivity contribution in [2.45, 2.75) is 6.92 Å². The minimum atomic E-state index is 0.595. The van der Waals surface area contributed by atoms with Gasteiger partial charge in [0.05, 0.1) is 26.4 Å². The van der Waals surface area contributed by atoms with Gasteiger partial charge in [-0.15, -0.1) is 10.2 Å². The predicted octanol–water partition coefficient (Wildman–Crippen LogP) is 3.94. The second-order valence-corrected chi connectivity index (χ2v) is 6.58. The van der Waals surface area contributed by atoms with Crippen LogP contribution in [-0.2, 0) is 0 Å². The maximum atomic E-state index is 5.73. The van der Waals surface area contributed by atoms with Crippen molar-refractivity contribution in [1.82, 2.24) is 19.8 Å². The lowest BCUT2D eigenvalue weighted by atomic mass is 10.2. The second-order valence-electron chi connectivity index (χ2n) is 5.62. The summed E-state index contributed by atoms with van der Waals surface area (Å²) in [4.78, 5) is 0.709. The van der Waals surface area contributed by atoms with Crippen LogP contribution in [0.25, 0.3) is 26.9 Å². The van der Waals surface area contributed by atoms with Crippen molar-refractivity contribution in [1.29, 1.82) is 0 Å². The Morgan fingerprint density at radius 3 is 2.56 bits per heavy atom. The molecule has 2 aromatic carbocycles. The van der Waals surface area contributed by atoms with Gasteiger partial charge >= 0.3 is 0 Å². The lowest BCUT2D eigenvalue weighted by molar-refractivity contribution is 0.341. The van der Waals surface area contributed by atoms with Gasteiger partial charge in [0, 0.05) is 5.56 Å². The van der Waals surface area contributed by atoms with Crippen LogP contribution in [0.1, 0.15) is 6.92 Å². The van der Waals surface area contributed by atoms with Crippen molar-refractivity contribution < 1.29 is 14.2 Å². The quantitative estimate of drug-likeness (QED) is 0.503. The molecule has 0 saturated heterocycles. The van der Waals surface area contributed by atoms with Crippen LogP contribution >= 0.6 is 11.3 Å². The third kappa shape index (κ3) is 3.08. The van der Waals surface area contributed by atoms with Gasteiger partial charge in [0.25, 0.3) is 0 Å². The number of hydrogen-bond acceptors (Lipinski definition) is 7. The van der Waals surface area contributed by atoms with Crippen LogP contribution in [0.5, 0.6) is 17.2 Å². The standard InChI is InChI=1S/C19H18N4O3S/c1-4-26-14-8-6-5-7-13(14)18-22-23-17(20-21-19(23)27-18)12-9-10-15(24-2)16(11-12)25-3/h5-11H,4H2,1-3H3. The van der Waals surface area contributed by atoms with Gasteiger partial charge < -0.3 is 14.2 Å². The van der Waals surface area contributed by atoms with Crippen molar-refractivity contribution in [3.8, 4) is 39.2 Å². The summed E-state index contributed by atoms with van der Waals surface area (Å²) < 4.78 is 18.2. The lowest BCUT2D eigenvalue weighted by Crippen LogP contribution is -1.96. The molecule has 0 radical (unpaired) electrons. The Morgan fingerprint density at radius 1 is 0.963 bits per heavy atom. The highest BCUT2D eigenvalue weighted by Gasteiger charge is 2.18. The topological polar surface area (TPSA) is 70.8 Å². The van der Waals surface area contributed by atoms with Crippen molar-refractivity contribution in [3.63, 3.8) is 0 Å². The highest BCUT2D eigenvalue weighted by Crippen LogP contribution is 2.35. The number of nitrogens with zero attached hydrogens (tertiary/aromatic N) is 4. The molecule has 0 atom stereocenters. The number of fused-ring (bicyclic) bond motifs is 1. The highest BCUT2D eigenvalue weighted by atomic mass is 32.1. The Hall–Kier alpha value is -3.13. The van der Waals surface area contributed by atoms with E-state index in [0.29, 0.717) is 28.9 Å². The number of methoxy groups -OCH3 is 2. The minimum absolute atomic E-state index is 0.595. The molecule has 0 saturated carbocycles. The Balaban J connectivity index is 1.80. The molecule has 0 N–H and O–H groups in total. The second kappa shape index (κ2) is 7.24. The smallest absolute Gasteiger partial charge is 0.235 e. The van der Waals surface area contributed by atoms with Gasteiger partial charge in [-0.2, -0.15) is 9.61 Å². The average Bonchev–Trinajstić information content (AvgIpc) is 3.29.